The summed E-state index contributed by atoms with van der Waals surface area (Å²) < 4.78 is 5.83. The number of benzene rings is 1. The summed E-state index contributed by atoms with van der Waals surface area (Å²) in [6, 6.07) is 10.2. The summed E-state index contributed by atoms with van der Waals surface area (Å²) in [5.74, 6) is 1.90. The first kappa shape index (κ1) is 14.0. The molecule has 1 aliphatic rings. The predicted molar refractivity (Wildman–Crippen MR) is 86.4 cm³/mol. The van der Waals surface area contributed by atoms with E-state index in [-0.39, 0.29) is 0 Å². The molecule has 2 heterocycles. The first-order valence-electron chi connectivity index (χ1n) is 7.50. The molecule has 0 atom stereocenters. The minimum Gasteiger partial charge on any atom is -0.459 e. The summed E-state index contributed by atoms with van der Waals surface area (Å²) in [6.45, 7) is 7.39. The van der Waals surface area contributed by atoms with Gasteiger partial charge in [0.2, 0.25) is 0 Å². The number of guanidine groups is 1. The highest BCUT2D eigenvalue weighted by atomic mass is 16.3. The maximum absolute atomic E-state index is 5.83. The number of hydrogen-bond donors (Lipinski definition) is 1. The van der Waals surface area contributed by atoms with Crippen LogP contribution in [0.5, 0.6) is 0 Å². The first-order valence-corrected chi connectivity index (χ1v) is 7.50. The molecule has 2 aromatic rings. The molecular weight excluding hydrogens is 262 g/mol. The zero-order valence-electron chi connectivity index (χ0n) is 13.0. The van der Waals surface area contributed by atoms with Gasteiger partial charge in [-0.15, -0.1) is 0 Å². The second-order valence-electron chi connectivity index (χ2n) is 6.49. The third-order valence-corrected chi connectivity index (χ3v) is 4.09. The van der Waals surface area contributed by atoms with Crippen LogP contribution in [0.25, 0.3) is 11.0 Å². The number of fused-ring (bicyclic) bond motifs is 1. The van der Waals surface area contributed by atoms with Crippen LogP contribution >= 0.6 is 0 Å². The van der Waals surface area contributed by atoms with E-state index in [0.29, 0.717) is 12.0 Å². The summed E-state index contributed by atoms with van der Waals surface area (Å²) in [4.78, 5) is 6.72. The number of nitrogens with zero attached hydrogens (tertiary/aromatic N) is 2. The fourth-order valence-electron chi connectivity index (χ4n) is 2.92. The van der Waals surface area contributed by atoms with Crippen LogP contribution in [0.1, 0.15) is 26.0 Å². The van der Waals surface area contributed by atoms with E-state index >= 15 is 0 Å². The molecule has 1 fully saturated rings. The quantitative estimate of drug-likeness (QED) is 0.680. The van der Waals surface area contributed by atoms with E-state index in [1.165, 1.54) is 6.42 Å². The van der Waals surface area contributed by atoms with Crippen molar-refractivity contribution in [3.63, 3.8) is 0 Å². The van der Waals surface area contributed by atoms with Crippen molar-refractivity contribution in [1.29, 1.82) is 0 Å². The second kappa shape index (κ2) is 5.43. The highest BCUT2D eigenvalue weighted by molar-refractivity contribution is 5.81. The Balaban J connectivity index is 1.65. The zero-order chi connectivity index (χ0) is 14.9. The Kier molecular flexibility index (Phi) is 3.62. The van der Waals surface area contributed by atoms with Crippen molar-refractivity contribution in [2.45, 2.75) is 26.8 Å². The molecule has 1 aromatic carbocycles. The van der Waals surface area contributed by atoms with Gasteiger partial charge in [0.1, 0.15) is 11.3 Å². The Bertz CT molecular complexity index is 624. The van der Waals surface area contributed by atoms with Crippen molar-refractivity contribution in [3.8, 4) is 0 Å². The summed E-state index contributed by atoms with van der Waals surface area (Å²) in [7, 11) is 1.84. The average Bonchev–Trinajstić information content (AvgIpc) is 3.02. The van der Waals surface area contributed by atoms with E-state index in [1.807, 2.05) is 25.2 Å². The molecule has 0 unspecified atom stereocenters. The van der Waals surface area contributed by atoms with Crippen molar-refractivity contribution in [2.75, 3.05) is 20.1 Å². The van der Waals surface area contributed by atoms with Gasteiger partial charge in [-0.3, -0.25) is 4.99 Å². The van der Waals surface area contributed by atoms with Crippen LogP contribution in [0, 0.1) is 5.41 Å². The van der Waals surface area contributed by atoms with Crippen molar-refractivity contribution >= 4 is 16.9 Å². The van der Waals surface area contributed by atoms with Crippen LogP contribution in [0.2, 0.25) is 0 Å². The number of rotatable bonds is 2. The molecule has 112 valence electrons. The standard InChI is InChI=1S/C17H23N3O/c1-17(2)8-9-20(12-17)16(18-3)19-11-14-10-13-6-4-5-7-15(13)21-14/h4-7,10H,8-9,11-12H2,1-3H3,(H,18,19). The molecular formula is C17H23N3O. The Labute approximate surface area is 125 Å². The van der Waals surface area contributed by atoms with Crippen LogP contribution in [0.15, 0.2) is 39.7 Å². The van der Waals surface area contributed by atoms with Gasteiger partial charge in [0.15, 0.2) is 5.96 Å². The van der Waals surface area contributed by atoms with E-state index in [4.69, 9.17) is 4.42 Å². The van der Waals surface area contributed by atoms with Gasteiger partial charge in [-0.2, -0.15) is 0 Å². The largest absolute Gasteiger partial charge is 0.459 e. The third kappa shape index (κ3) is 3.04. The molecule has 0 saturated carbocycles. The number of furan rings is 1. The zero-order valence-corrected chi connectivity index (χ0v) is 13.0. The van der Waals surface area contributed by atoms with Gasteiger partial charge in [0, 0.05) is 25.5 Å². The molecule has 1 saturated heterocycles. The number of nitrogens with one attached hydrogen (secondary N) is 1. The monoisotopic (exact) mass is 285 g/mol. The predicted octanol–water partition coefficient (Wildman–Crippen LogP) is 3.24. The molecule has 4 heteroatoms. The molecule has 0 amide bonds. The molecule has 0 bridgehead atoms. The van der Waals surface area contributed by atoms with Crippen LogP contribution < -0.4 is 5.32 Å². The second-order valence-corrected chi connectivity index (χ2v) is 6.49. The van der Waals surface area contributed by atoms with E-state index in [9.17, 15) is 0 Å². The van der Waals surface area contributed by atoms with Crippen molar-refractivity contribution in [2.24, 2.45) is 10.4 Å². The van der Waals surface area contributed by atoms with Crippen molar-refractivity contribution in [3.05, 3.63) is 36.1 Å². The van der Waals surface area contributed by atoms with Crippen LogP contribution in [0.3, 0.4) is 0 Å². The maximum atomic E-state index is 5.83. The summed E-state index contributed by atoms with van der Waals surface area (Å²) >= 11 is 0. The lowest BCUT2D eigenvalue weighted by Gasteiger charge is -2.23. The Morgan fingerprint density at radius 1 is 1.38 bits per heavy atom. The first-order chi connectivity index (χ1) is 10.1. The summed E-state index contributed by atoms with van der Waals surface area (Å²) in [5, 5.41) is 4.55. The lowest BCUT2D eigenvalue weighted by atomic mass is 9.93. The minimum atomic E-state index is 0.372. The van der Waals surface area contributed by atoms with E-state index in [2.05, 4.69) is 41.2 Å². The van der Waals surface area contributed by atoms with Gasteiger partial charge >= 0.3 is 0 Å². The van der Waals surface area contributed by atoms with Crippen LogP contribution in [-0.4, -0.2) is 31.0 Å². The molecule has 3 rings (SSSR count). The lowest BCUT2D eigenvalue weighted by Crippen LogP contribution is -2.40. The molecule has 0 spiro atoms. The summed E-state index contributed by atoms with van der Waals surface area (Å²) in [6.07, 6.45) is 1.21. The van der Waals surface area contributed by atoms with Crippen LogP contribution in [-0.2, 0) is 6.54 Å². The number of hydrogen-bond acceptors (Lipinski definition) is 2. The SMILES string of the molecule is CN=C(NCc1cc2ccccc2o1)N1CCC(C)(C)C1. The molecule has 1 aromatic heterocycles. The number of para-hydroxylation sites is 1. The van der Waals surface area contributed by atoms with E-state index < -0.39 is 0 Å². The number of likely N-dealkylation sites (tertiary alicyclic amines) is 1. The molecule has 4 nitrogen and oxygen atoms in total. The highest BCUT2D eigenvalue weighted by Gasteiger charge is 2.30. The van der Waals surface area contributed by atoms with Gasteiger partial charge in [0.05, 0.1) is 6.54 Å². The topological polar surface area (TPSA) is 40.8 Å². The molecule has 0 aliphatic carbocycles. The minimum absolute atomic E-state index is 0.372. The Morgan fingerprint density at radius 2 is 2.19 bits per heavy atom. The maximum Gasteiger partial charge on any atom is 0.194 e. The Hall–Kier alpha value is -1.97. The smallest absolute Gasteiger partial charge is 0.194 e. The van der Waals surface area contributed by atoms with Gasteiger partial charge < -0.3 is 14.6 Å². The van der Waals surface area contributed by atoms with Gasteiger partial charge in [-0.25, -0.2) is 0 Å². The fraction of sp³-hybridized carbons (Fsp3) is 0.471. The number of aliphatic imine (C=N–C) groups is 1. The van der Waals surface area contributed by atoms with Crippen LogP contribution in [0.4, 0.5) is 0 Å². The van der Waals surface area contributed by atoms with E-state index in [1.54, 1.807) is 0 Å². The third-order valence-electron chi connectivity index (χ3n) is 4.09. The normalized spacial score (nSPS) is 18.4. The summed E-state index contributed by atoms with van der Waals surface area (Å²) in [5.41, 5.74) is 1.31. The molecule has 21 heavy (non-hydrogen) atoms. The molecule has 1 N–H and O–H groups in total. The molecule has 0 radical (unpaired) electrons. The van der Waals surface area contributed by atoms with Crippen molar-refractivity contribution < 1.29 is 4.42 Å². The van der Waals surface area contributed by atoms with Gasteiger partial charge in [-0.1, -0.05) is 32.0 Å². The van der Waals surface area contributed by atoms with E-state index in [0.717, 1.165) is 35.8 Å². The molecule has 1 aliphatic heterocycles. The average molecular weight is 285 g/mol. The Morgan fingerprint density at radius 3 is 2.86 bits per heavy atom. The lowest BCUT2D eigenvalue weighted by molar-refractivity contribution is 0.369. The van der Waals surface area contributed by atoms with Gasteiger partial charge in [-0.05, 0) is 24.0 Å². The van der Waals surface area contributed by atoms with Gasteiger partial charge in [0.25, 0.3) is 0 Å². The fourth-order valence-corrected chi connectivity index (χ4v) is 2.92. The highest BCUT2D eigenvalue weighted by Crippen LogP contribution is 2.28. The van der Waals surface area contributed by atoms with Crippen molar-refractivity contribution in [1.82, 2.24) is 10.2 Å².